The van der Waals surface area contributed by atoms with Gasteiger partial charge in [0.2, 0.25) is 0 Å². The van der Waals surface area contributed by atoms with Crippen LogP contribution in [0.4, 0.5) is 5.69 Å². The van der Waals surface area contributed by atoms with Crippen LogP contribution in [0.3, 0.4) is 0 Å². The van der Waals surface area contributed by atoms with E-state index in [2.05, 4.69) is 16.9 Å². The number of aromatic nitrogens is 2. The highest BCUT2D eigenvalue weighted by molar-refractivity contribution is 5.74. The summed E-state index contributed by atoms with van der Waals surface area (Å²) in [6.07, 6.45) is 2.12. The van der Waals surface area contributed by atoms with Gasteiger partial charge in [0, 0.05) is 18.8 Å². The molecule has 5 nitrogen and oxygen atoms in total. The van der Waals surface area contributed by atoms with Gasteiger partial charge < -0.3 is 20.4 Å². The standard InChI is InChI=1S/C20H24N4O/c1-24-12-10-16(11-13-24)25-19(14-6-8-15(21)9-7-14)20-22-17-4-2-3-5-18(17)23-20/h2-9,16,19H,10-13,21H2,1H3,(H,22,23). The molecule has 3 N–H and O–H groups in total. The van der Waals surface area contributed by atoms with Crippen molar-refractivity contribution >= 4 is 16.7 Å². The van der Waals surface area contributed by atoms with E-state index in [0.29, 0.717) is 0 Å². The van der Waals surface area contributed by atoms with Gasteiger partial charge in [-0.25, -0.2) is 4.98 Å². The van der Waals surface area contributed by atoms with Crippen molar-refractivity contribution in [2.45, 2.75) is 25.0 Å². The van der Waals surface area contributed by atoms with E-state index in [4.69, 9.17) is 15.5 Å². The first kappa shape index (κ1) is 16.1. The zero-order chi connectivity index (χ0) is 17.2. The normalized spacial score (nSPS) is 17.8. The van der Waals surface area contributed by atoms with Gasteiger partial charge in [0.05, 0.1) is 17.1 Å². The molecule has 0 radical (unpaired) electrons. The molecule has 3 aromatic rings. The van der Waals surface area contributed by atoms with Crippen molar-refractivity contribution in [3.63, 3.8) is 0 Å². The molecule has 1 aliphatic rings. The van der Waals surface area contributed by atoms with Crippen LogP contribution in [0.15, 0.2) is 48.5 Å². The minimum atomic E-state index is -0.207. The highest BCUT2D eigenvalue weighted by Crippen LogP contribution is 2.30. The third kappa shape index (κ3) is 3.52. The number of hydrogen-bond acceptors (Lipinski definition) is 4. The Balaban J connectivity index is 1.66. The molecule has 0 bridgehead atoms. The van der Waals surface area contributed by atoms with Crippen LogP contribution in [0.5, 0.6) is 0 Å². The number of aromatic amines is 1. The summed E-state index contributed by atoms with van der Waals surface area (Å²) in [6, 6.07) is 16.0. The number of nitrogens with two attached hydrogens (primary N) is 1. The van der Waals surface area contributed by atoms with Gasteiger partial charge in [0.25, 0.3) is 0 Å². The number of nitrogens with one attached hydrogen (secondary N) is 1. The summed E-state index contributed by atoms with van der Waals surface area (Å²) in [4.78, 5) is 10.5. The van der Waals surface area contributed by atoms with Crippen molar-refractivity contribution in [2.75, 3.05) is 25.9 Å². The molecular formula is C20H24N4O. The third-order valence-corrected chi connectivity index (χ3v) is 4.89. The van der Waals surface area contributed by atoms with E-state index >= 15 is 0 Å². The number of likely N-dealkylation sites (tertiary alicyclic amines) is 1. The summed E-state index contributed by atoms with van der Waals surface area (Å²) in [5.41, 5.74) is 9.68. The van der Waals surface area contributed by atoms with Crippen LogP contribution in [0.2, 0.25) is 0 Å². The summed E-state index contributed by atoms with van der Waals surface area (Å²) < 4.78 is 6.52. The van der Waals surface area contributed by atoms with E-state index in [0.717, 1.165) is 54.0 Å². The molecular weight excluding hydrogens is 312 g/mol. The lowest BCUT2D eigenvalue weighted by Crippen LogP contribution is -2.35. The number of H-pyrrole nitrogens is 1. The Morgan fingerprint density at radius 3 is 2.56 bits per heavy atom. The molecule has 4 rings (SSSR count). The molecule has 130 valence electrons. The maximum absolute atomic E-state index is 6.52. The van der Waals surface area contributed by atoms with Gasteiger partial charge in [0.1, 0.15) is 11.9 Å². The number of anilines is 1. The Morgan fingerprint density at radius 2 is 1.84 bits per heavy atom. The number of benzene rings is 2. The van der Waals surface area contributed by atoms with E-state index in [1.54, 1.807) is 0 Å². The Hall–Kier alpha value is -2.37. The van der Waals surface area contributed by atoms with Gasteiger partial charge in [-0.15, -0.1) is 0 Å². The quantitative estimate of drug-likeness (QED) is 0.717. The van der Waals surface area contributed by atoms with Crippen molar-refractivity contribution in [3.05, 3.63) is 59.9 Å². The van der Waals surface area contributed by atoms with Gasteiger partial charge in [0.15, 0.2) is 0 Å². The Bertz CT molecular complexity index is 801. The lowest BCUT2D eigenvalue weighted by Gasteiger charge is -2.31. The second-order valence-electron chi connectivity index (χ2n) is 6.82. The molecule has 5 heteroatoms. The first-order valence-electron chi connectivity index (χ1n) is 8.83. The number of fused-ring (bicyclic) bond motifs is 1. The zero-order valence-corrected chi connectivity index (χ0v) is 14.5. The van der Waals surface area contributed by atoms with Gasteiger partial charge >= 0.3 is 0 Å². The zero-order valence-electron chi connectivity index (χ0n) is 14.5. The fourth-order valence-electron chi connectivity index (χ4n) is 3.38. The fourth-order valence-corrected chi connectivity index (χ4v) is 3.38. The maximum Gasteiger partial charge on any atom is 0.141 e. The fraction of sp³-hybridized carbons (Fsp3) is 0.350. The molecule has 1 aromatic heterocycles. The van der Waals surface area contributed by atoms with Crippen LogP contribution in [0.1, 0.15) is 30.3 Å². The van der Waals surface area contributed by atoms with E-state index in [9.17, 15) is 0 Å². The van der Waals surface area contributed by atoms with Crippen molar-refractivity contribution < 1.29 is 4.74 Å². The highest BCUT2D eigenvalue weighted by atomic mass is 16.5. The van der Waals surface area contributed by atoms with Crippen molar-refractivity contribution in [1.29, 1.82) is 0 Å². The molecule has 0 saturated carbocycles. The maximum atomic E-state index is 6.52. The predicted molar refractivity (Wildman–Crippen MR) is 100 cm³/mol. The van der Waals surface area contributed by atoms with Crippen LogP contribution in [-0.2, 0) is 4.74 Å². The lowest BCUT2D eigenvalue weighted by molar-refractivity contribution is -0.0264. The Kier molecular flexibility index (Phi) is 4.42. The largest absolute Gasteiger partial charge is 0.399 e. The van der Waals surface area contributed by atoms with Crippen LogP contribution >= 0.6 is 0 Å². The second kappa shape index (κ2) is 6.86. The van der Waals surface area contributed by atoms with Crippen molar-refractivity contribution in [3.8, 4) is 0 Å². The van der Waals surface area contributed by atoms with E-state index in [-0.39, 0.29) is 12.2 Å². The van der Waals surface area contributed by atoms with Gasteiger partial charge in [-0.05, 0) is 49.7 Å². The van der Waals surface area contributed by atoms with E-state index < -0.39 is 0 Å². The first-order valence-corrected chi connectivity index (χ1v) is 8.83. The minimum absolute atomic E-state index is 0.207. The highest BCUT2D eigenvalue weighted by Gasteiger charge is 2.25. The molecule has 25 heavy (non-hydrogen) atoms. The number of para-hydroxylation sites is 2. The van der Waals surface area contributed by atoms with Gasteiger partial charge in [-0.2, -0.15) is 0 Å². The molecule has 1 saturated heterocycles. The number of piperidine rings is 1. The molecule has 1 aliphatic heterocycles. The number of imidazole rings is 1. The molecule has 1 unspecified atom stereocenters. The topological polar surface area (TPSA) is 67.2 Å². The number of rotatable bonds is 4. The number of nitrogens with zero attached hydrogens (tertiary/aromatic N) is 2. The molecule has 2 aromatic carbocycles. The van der Waals surface area contributed by atoms with Crippen LogP contribution < -0.4 is 5.73 Å². The van der Waals surface area contributed by atoms with Crippen molar-refractivity contribution in [1.82, 2.24) is 14.9 Å². The molecule has 0 aliphatic carbocycles. The Labute approximate surface area is 147 Å². The van der Waals surface area contributed by atoms with Crippen molar-refractivity contribution in [2.24, 2.45) is 0 Å². The second-order valence-corrected chi connectivity index (χ2v) is 6.82. The van der Waals surface area contributed by atoms with Crippen LogP contribution in [-0.4, -0.2) is 41.1 Å². The molecule has 1 atom stereocenters. The lowest BCUT2D eigenvalue weighted by atomic mass is 10.1. The smallest absolute Gasteiger partial charge is 0.141 e. The summed E-state index contributed by atoms with van der Waals surface area (Å²) in [7, 11) is 2.16. The van der Waals surface area contributed by atoms with Crippen LogP contribution in [0, 0.1) is 0 Å². The third-order valence-electron chi connectivity index (χ3n) is 4.89. The van der Waals surface area contributed by atoms with Gasteiger partial charge in [-0.1, -0.05) is 24.3 Å². The molecule has 0 spiro atoms. The van der Waals surface area contributed by atoms with E-state index in [1.165, 1.54) is 0 Å². The summed E-state index contributed by atoms with van der Waals surface area (Å²) in [5, 5.41) is 0. The minimum Gasteiger partial charge on any atom is -0.399 e. The molecule has 2 heterocycles. The first-order chi connectivity index (χ1) is 12.2. The SMILES string of the molecule is CN1CCC(OC(c2ccc(N)cc2)c2nc3ccccc3[nH]2)CC1. The average Bonchev–Trinajstić information content (AvgIpc) is 3.06. The Morgan fingerprint density at radius 1 is 1.12 bits per heavy atom. The van der Waals surface area contributed by atoms with Gasteiger partial charge in [-0.3, -0.25) is 0 Å². The summed E-state index contributed by atoms with van der Waals surface area (Å²) in [6.45, 7) is 2.14. The summed E-state index contributed by atoms with van der Waals surface area (Å²) in [5.74, 6) is 0.852. The monoisotopic (exact) mass is 336 g/mol. The number of ether oxygens (including phenoxy) is 1. The van der Waals surface area contributed by atoms with Crippen LogP contribution in [0.25, 0.3) is 11.0 Å². The predicted octanol–water partition coefficient (Wildman–Crippen LogP) is 3.35. The molecule has 0 amide bonds. The van der Waals surface area contributed by atoms with E-state index in [1.807, 2.05) is 48.5 Å². The molecule has 1 fully saturated rings. The number of hydrogen-bond donors (Lipinski definition) is 2. The number of nitrogen functional groups attached to an aromatic ring is 1. The average molecular weight is 336 g/mol. The summed E-state index contributed by atoms with van der Waals surface area (Å²) >= 11 is 0.